The summed E-state index contributed by atoms with van der Waals surface area (Å²) in [6.45, 7) is 8.40. The molecule has 6 heteroatoms. The first kappa shape index (κ1) is 19.7. The van der Waals surface area contributed by atoms with Gasteiger partial charge in [0.2, 0.25) is 11.8 Å². The largest absolute Gasteiger partial charge is 0.385 e. The topological polar surface area (TPSA) is 61.9 Å². The monoisotopic (exact) mass is 373 g/mol. The Morgan fingerprint density at radius 1 is 1.15 bits per heavy atom. The van der Waals surface area contributed by atoms with Gasteiger partial charge in [-0.25, -0.2) is 0 Å². The molecule has 0 aromatic heterocycles. The summed E-state index contributed by atoms with van der Waals surface area (Å²) in [6.07, 6.45) is 2.10. The maximum absolute atomic E-state index is 13.0. The number of benzene rings is 1. The molecule has 0 unspecified atom stereocenters. The van der Waals surface area contributed by atoms with Crippen LogP contribution in [0.2, 0.25) is 0 Å². The van der Waals surface area contributed by atoms with Crippen molar-refractivity contribution in [3.8, 4) is 0 Å². The average molecular weight is 373 g/mol. The van der Waals surface area contributed by atoms with Crippen molar-refractivity contribution in [2.75, 3.05) is 51.3 Å². The minimum atomic E-state index is -0.811. The van der Waals surface area contributed by atoms with Crippen molar-refractivity contribution in [2.45, 2.75) is 33.1 Å². The third-order valence-electron chi connectivity index (χ3n) is 5.89. The van der Waals surface area contributed by atoms with Crippen LogP contribution in [0.3, 0.4) is 0 Å². The van der Waals surface area contributed by atoms with Gasteiger partial charge in [-0.3, -0.25) is 9.59 Å². The minimum Gasteiger partial charge on any atom is -0.385 e. The number of methoxy groups -OCH3 is 1. The van der Waals surface area contributed by atoms with E-state index in [9.17, 15) is 9.59 Å². The fraction of sp³-hybridized carbons (Fsp3) is 0.619. The number of amides is 2. The Morgan fingerprint density at radius 2 is 1.85 bits per heavy atom. The normalized spacial score (nSPS) is 18.3. The van der Waals surface area contributed by atoms with Crippen molar-refractivity contribution in [1.29, 1.82) is 0 Å². The van der Waals surface area contributed by atoms with Crippen molar-refractivity contribution in [3.63, 3.8) is 0 Å². The van der Waals surface area contributed by atoms with Crippen LogP contribution in [0.5, 0.6) is 0 Å². The van der Waals surface area contributed by atoms with E-state index in [1.54, 1.807) is 7.11 Å². The van der Waals surface area contributed by atoms with Crippen LogP contribution in [0.4, 0.5) is 5.69 Å². The molecule has 2 aliphatic rings. The molecule has 1 saturated heterocycles. The average Bonchev–Trinajstić information content (AvgIpc) is 3.49. The van der Waals surface area contributed by atoms with E-state index in [0.29, 0.717) is 39.1 Å². The molecule has 0 bridgehead atoms. The molecule has 6 nitrogen and oxygen atoms in total. The summed E-state index contributed by atoms with van der Waals surface area (Å²) < 4.78 is 5.00. The van der Waals surface area contributed by atoms with Gasteiger partial charge in [-0.15, -0.1) is 0 Å². The third-order valence-corrected chi connectivity index (χ3v) is 5.89. The number of aryl methyl sites for hydroxylation is 1. The predicted octanol–water partition coefficient (Wildman–Crippen LogP) is 1.88. The smallest absolute Gasteiger partial charge is 0.238 e. The molecule has 0 spiro atoms. The van der Waals surface area contributed by atoms with Crippen LogP contribution >= 0.6 is 0 Å². The summed E-state index contributed by atoms with van der Waals surface area (Å²) in [5.74, 6) is -0.104. The number of ether oxygens (including phenoxy) is 1. The molecular formula is C21H31N3O3. The van der Waals surface area contributed by atoms with E-state index >= 15 is 0 Å². The number of hydrogen-bond donors (Lipinski definition) is 1. The lowest BCUT2D eigenvalue weighted by molar-refractivity contribution is -0.144. The number of piperazine rings is 1. The van der Waals surface area contributed by atoms with Crippen molar-refractivity contribution < 1.29 is 14.3 Å². The highest BCUT2D eigenvalue weighted by Crippen LogP contribution is 2.47. The van der Waals surface area contributed by atoms with Gasteiger partial charge >= 0.3 is 0 Å². The lowest BCUT2D eigenvalue weighted by Crippen LogP contribution is -2.53. The van der Waals surface area contributed by atoms with E-state index in [2.05, 4.69) is 42.3 Å². The van der Waals surface area contributed by atoms with Gasteiger partial charge in [-0.05, 0) is 50.3 Å². The Hall–Kier alpha value is -2.08. The molecule has 148 valence electrons. The standard InChI is InChI=1S/C21H31N3O3/c1-16-6-4-7-18(17(16)2)23-11-13-24(14-12-23)20(26)21(8-9-21)19(25)22-10-5-15-27-3/h4,6-7H,5,8-15H2,1-3H3,(H,22,25). The van der Waals surface area contributed by atoms with Crippen molar-refractivity contribution in [2.24, 2.45) is 5.41 Å². The number of rotatable bonds is 7. The molecule has 0 atom stereocenters. The molecular weight excluding hydrogens is 342 g/mol. The van der Waals surface area contributed by atoms with Gasteiger partial charge in [0.05, 0.1) is 0 Å². The molecule has 1 aromatic carbocycles. The fourth-order valence-electron chi connectivity index (χ4n) is 3.78. The van der Waals surface area contributed by atoms with Crippen molar-refractivity contribution in [1.82, 2.24) is 10.2 Å². The lowest BCUT2D eigenvalue weighted by atomic mass is 10.0. The van der Waals surface area contributed by atoms with Crippen LogP contribution in [-0.2, 0) is 14.3 Å². The Morgan fingerprint density at radius 3 is 2.48 bits per heavy atom. The van der Waals surface area contributed by atoms with Gasteiger partial charge in [0.1, 0.15) is 5.41 Å². The number of hydrogen-bond acceptors (Lipinski definition) is 4. The first-order chi connectivity index (χ1) is 13.0. The van der Waals surface area contributed by atoms with Crippen molar-refractivity contribution >= 4 is 17.5 Å². The second kappa shape index (κ2) is 8.30. The number of nitrogens with zero attached hydrogens (tertiary/aromatic N) is 2. The lowest BCUT2D eigenvalue weighted by Gasteiger charge is -2.38. The SMILES string of the molecule is COCCCNC(=O)C1(C(=O)N2CCN(c3cccc(C)c3C)CC2)CC1. The molecule has 1 heterocycles. The molecule has 1 aromatic rings. The maximum atomic E-state index is 13.0. The molecule has 3 rings (SSSR count). The summed E-state index contributed by atoms with van der Waals surface area (Å²) in [5.41, 5.74) is 3.02. The van der Waals surface area contributed by atoms with Gasteiger partial charge in [-0.1, -0.05) is 12.1 Å². The fourth-order valence-corrected chi connectivity index (χ4v) is 3.78. The quantitative estimate of drug-likeness (QED) is 0.586. The third kappa shape index (κ3) is 4.10. The summed E-state index contributed by atoms with van der Waals surface area (Å²) in [7, 11) is 1.64. The summed E-state index contributed by atoms with van der Waals surface area (Å²) >= 11 is 0. The first-order valence-electron chi connectivity index (χ1n) is 9.87. The zero-order valence-corrected chi connectivity index (χ0v) is 16.7. The summed E-state index contributed by atoms with van der Waals surface area (Å²) in [4.78, 5) is 29.8. The van der Waals surface area contributed by atoms with Crippen LogP contribution in [0, 0.1) is 19.3 Å². The van der Waals surface area contributed by atoms with Crippen LogP contribution in [0.25, 0.3) is 0 Å². The van der Waals surface area contributed by atoms with E-state index in [0.717, 1.165) is 19.5 Å². The number of carbonyl (C=O) groups is 2. The molecule has 2 fully saturated rings. The zero-order chi connectivity index (χ0) is 19.4. The van der Waals surface area contributed by atoms with E-state index < -0.39 is 5.41 Å². The Bertz CT molecular complexity index is 692. The highest BCUT2D eigenvalue weighted by Gasteiger charge is 2.58. The summed E-state index contributed by atoms with van der Waals surface area (Å²) in [5, 5.41) is 2.91. The highest BCUT2D eigenvalue weighted by atomic mass is 16.5. The zero-order valence-electron chi connectivity index (χ0n) is 16.7. The predicted molar refractivity (Wildman–Crippen MR) is 106 cm³/mol. The second-order valence-corrected chi connectivity index (χ2v) is 7.68. The van der Waals surface area contributed by atoms with E-state index in [1.807, 2.05) is 4.90 Å². The Balaban J connectivity index is 1.55. The van der Waals surface area contributed by atoms with Crippen LogP contribution in [-0.4, -0.2) is 63.2 Å². The highest BCUT2D eigenvalue weighted by molar-refractivity contribution is 6.07. The first-order valence-corrected chi connectivity index (χ1v) is 9.87. The van der Waals surface area contributed by atoms with E-state index in [4.69, 9.17) is 4.74 Å². The molecule has 2 amide bonds. The van der Waals surface area contributed by atoms with Gasteiger partial charge in [0, 0.05) is 52.1 Å². The number of carbonyl (C=O) groups excluding carboxylic acids is 2. The molecule has 1 aliphatic carbocycles. The minimum absolute atomic E-state index is 0.00681. The van der Waals surface area contributed by atoms with Crippen molar-refractivity contribution in [3.05, 3.63) is 29.3 Å². The van der Waals surface area contributed by atoms with Crippen LogP contribution in [0.1, 0.15) is 30.4 Å². The Labute approximate surface area is 161 Å². The molecule has 0 radical (unpaired) electrons. The van der Waals surface area contributed by atoms with Gasteiger partial charge in [0.15, 0.2) is 0 Å². The van der Waals surface area contributed by atoms with Gasteiger partial charge in [-0.2, -0.15) is 0 Å². The molecule has 1 saturated carbocycles. The maximum Gasteiger partial charge on any atom is 0.238 e. The van der Waals surface area contributed by atoms with E-state index in [1.165, 1.54) is 16.8 Å². The van der Waals surface area contributed by atoms with E-state index in [-0.39, 0.29) is 11.8 Å². The number of anilines is 1. The second-order valence-electron chi connectivity index (χ2n) is 7.68. The molecule has 1 aliphatic heterocycles. The molecule has 1 N–H and O–H groups in total. The van der Waals surface area contributed by atoms with Gasteiger partial charge < -0.3 is 19.9 Å². The molecule has 27 heavy (non-hydrogen) atoms. The Kier molecular flexibility index (Phi) is 6.05. The van der Waals surface area contributed by atoms with Crippen LogP contribution < -0.4 is 10.2 Å². The number of nitrogens with one attached hydrogen (secondary N) is 1. The van der Waals surface area contributed by atoms with Gasteiger partial charge in [0.25, 0.3) is 0 Å². The summed E-state index contributed by atoms with van der Waals surface area (Å²) in [6, 6.07) is 6.36. The van der Waals surface area contributed by atoms with Crippen LogP contribution in [0.15, 0.2) is 18.2 Å².